The first-order chi connectivity index (χ1) is 13.1. The van der Waals surface area contributed by atoms with Crippen molar-refractivity contribution in [3.63, 3.8) is 0 Å². The SMILES string of the molecule is Cc1nnc2c(NC3CCN(C)CC3)cc(N(C)Cc3ccccc3)nn12. The summed E-state index contributed by atoms with van der Waals surface area (Å²) in [5.41, 5.74) is 3.06. The topological polar surface area (TPSA) is 61.6 Å². The van der Waals surface area contributed by atoms with Crippen molar-refractivity contribution < 1.29 is 0 Å². The van der Waals surface area contributed by atoms with E-state index in [9.17, 15) is 0 Å². The van der Waals surface area contributed by atoms with Gasteiger partial charge in [0.15, 0.2) is 11.6 Å². The van der Waals surface area contributed by atoms with Gasteiger partial charge in [-0.1, -0.05) is 30.3 Å². The molecule has 0 aliphatic carbocycles. The molecule has 1 aliphatic heterocycles. The summed E-state index contributed by atoms with van der Waals surface area (Å²) < 4.78 is 1.84. The molecule has 142 valence electrons. The number of aromatic nitrogens is 4. The Bertz CT molecular complexity index is 897. The predicted molar refractivity (Wildman–Crippen MR) is 108 cm³/mol. The number of likely N-dealkylation sites (tertiary alicyclic amines) is 1. The number of fused-ring (bicyclic) bond motifs is 1. The van der Waals surface area contributed by atoms with Crippen molar-refractivity contribution in [1.29, 1.82) is 0 Å². The second-order valence-electron chi connectivity index (χ2n) is 7.46. The Labute approximate surface area is 160 Å². The maximum absolute atomic E-state index is 4.77. The summed E-state index contributed by atoms with van der Waals surface area (Å²) in [5, 5.41) is 17.0. The lowest BCUT2D eigenvalue weighted by Crippen LogP contribution is -2.36. The summed E-state index contributed by atoms with van der Waals surface area (Å²) in [6, 6.07) is 13.0. The lowest BCUT2D eigenvalue weighted by atomic mass is 10.1. The summed E-state index contributed by atoms with van der Waals surface area (Å²) in [4.78, 5) is 4.54. The summed E-state index contributed by atoms with van der Waals surface area (Å²) in [5.74, 6) is 1.70. The van der Waals surface area contributed by atoms with Gasteiger partial charge in [-0.05, 0) is 45.5 Å². The maximum Gasteiger partial charge on any atom is 0.201 e. The smallest absolute Gasteiger partial charge is 0.201 e. The molecule has 7 nitrogen and oxygen atoms in total. The van der Waals surface area contributed by atoms with Crippen molar-refractivity contribution in [3.05, 3.63) is 47.8 Å². The first-order valence-corrected chi connectivity index (χ1v) is 9.53. The number of nitrogens with zero attached hydrogens (tertiary/aromatic N) is 6. The van der Waals surface area contributed by atoms with Crippen LogP contribution in [0.3, 0.4) is 0 Å². The molecular formula is C20H27N7. The molecule has 2 aromatic heterocycles. The van der Waals surface area contributed by atoms with Crippen LogP contribution in [0.4, 0.5) is 11.5 Å². The highest BCUT2D eigenvalue weighted by molar-refractivity contribution is 5.70. The average molecular weight is 365 g/mol. The lowest BCUT2D eigenvalue weighted by Gasteiger charge is -2.30. The molecule has 0 bridgehead atoms. The number of hydrogen-bond acceptors (Lipinski definition) is 6. The third-order valence-electron chi connectivity index (χ3n) is 5.25. The number of anilines is 2. The van der Waals surface area contributed by atoms with E-state index in [1.54, 1.807) is 0 Å². The van der Waals surface area contributed by atoms with Crippen molar-refractivity contribution in [2.45, 2.75) is 32.4 Å². The van der Waals surface area contributed by atoms with Gasteiger partial charge in [-0.2, -0.15) is 4.52 Å². The van der Waals surface area contributed by atoms with E-state index >= 15 is 0 Å². The molecule has 1 aliphatic rings. The molecule has 1 saturated heterocycles. The highest BCUT2D eigenvalue weighted by Crippen LogP contribution is 2.24. The Morgan fingerprint density at radius 1 is 1.15 bits per heavy atom. The van der Waals surface area contributed by atoms with E-state index in [0.717, 1.165) is 55.5 Å². The van der Waals surface area contributed by atoms with Gasteiger partial charge in [0.2, 0.25) is 5.65 Å². The Kier molecular flexibility index (Phi) is 4.94. The van der Waals surface area contributed by atoms with E-state index in [4.69, 9.17) is 5.10 Å². The molecule has 1 fully saturated rings. The number of benzene rings is 1. The Morgan fingerprint density at radius 3 is 2.63 bits per heavy atom. The number of rotatable bonds is 5. The van der Waals surface area contributed by atoms with Gasteiger partial charge < -0.3 is 15.1 Å². The Morgan fingerprint density at radius 2 is 1.89 bits per heavy atom. The quantitative estimate of drug-likeness (QED) is 0.750. The van der Waals surface area contributed by atoms with E-state index < -0.39 is 0 Å². The first kappa shape index (κ1) is 17.7. The summed E-state index contributed by atoms with van der Waals surface area (Å²) in [7, 11) is 4.25. The molecule has 3 aromatic rings. The van der Waals surface area contributed by atoms with Crippen LogP contribution < -0.4 is 10.2 Å². The van der Waals surface area contributed by atoms with Crippen molar-refractivity contribution in [2.75, 3.05) is 37.4 Å². The lowest BCUT2D eigenvalue weighted by molar-refractivity contribution is 0.264. The molecule has 1 N–H and O–H groups in total. The number of aryl methyl sites for hydroxylation is 1. The van der Waals surface area contributed by atoms with E-state index in [-0.39, 0.29) is 0 Å². The maximum atomic E-state index is 4.77. The summed E-state index contributed by atoms with van der Waals surface area (Å²) >= 11 is 0. The van der Waals surface area contributed by atoms with Gasteiger partial charge in [0.1, 0.15) is 0 Å². The van der Waals surface area contributed by atoms with Crippen molar-refractivity contribution in [1.82, 2.24) is 24.7 Å². The van der Waals surface area contributed by atoms with Crippen LogP contribution in [0.2, 0.25) is 0 Å². The molecular weight excluding hydrogens is 338 g/mol. The summed E-state index contributed by atoms with van der Waals surface area (Å²) in [6.07, 6.45) is 2.26. The van der Waals surface area contributed by atoms with Crippen LogP contribution in [0.1, 0.15) is 24.2 Å². The van der Waals surface area contributed by atoms with Crippen LogP contribution in [0.5, 0.6) is 0 Å². The Balaban J connectivity index is 1.62. The second kappa shape index (κ2) is 7.52. The highest BCUT2D eigenvalue weighted by atomic mass is 15.4. The minimum Gasteiger partial charge on any atom is -0.379 e. The molecule has 0 atom stereocenters. The zero-order chi connectivity index (χ0) is 18.8. The van der Waals surface area contributed by atoms with Crippen LogP contribution in [0, 0.1) is 6.92 Å². The van der Waals surface area contributed by atoms with Gasteiger partial charge >= 0.3 is 0 Å². The van der Waals surface area contributed by atoms with Crippen molar-refractivity contribution in [2.24, 2.45) is 0 Å². The molecule has 0 radical (unpaired) electrons. The van der Waals surface area contributed by atoms with Crippen LogP contribution >= 0.6 is 0 Å². The third-order valence-corrected chi connectivity index (χ3v) is 5.25. The third kappa shape index (κ3) is 3.88. The fourth-order valence-corrected chi connectivity index (χ4v) is 3.57. The fourth-order valence-electron chi connectivity index (χ4n) is 3.57. The van der Waals surface area contributed by atoms with Crippen LogP contribution in [0.25, 0.3) is 5.65 Å². The molecule has 0 unspecified atom stereocenters. The van der Waals surface area contributed by atoms with Gasteiger partial charge in [0.25, 0.3) is 0 Å². The minimum atomic E-state index is 0.455. The van der Waals surface area contributed by atoms with Crippen molar-refractivity contribution in [3.8, 4) is 0 Å². The van der Waals surface area contributed by atoms with Crippen molar-refractivity contribution >= 4 is 17.2 Å². The molecule has 1 aromatic carbocycles. The van der Waals surface area contributed by atoms with E-state index in [2.05, 4.69) is 69.7 Å². The molecule has 0 saturated carbocycles. The Hall–Kier alpha value is -2.67. The number of piperidine rings is 1. The van der Waals surface area contributed by atoms with Gasteiger partial charge in [0.05, 0.1) is 5.69 Å². The summed E-state index contributed by atoms with van der Waals surface area (Å²) in [6.45, 7) is 4.97. The minimum absolute atomic E-state index is 0.455. The molecule has 0 spiro atoms. The zero-order valence-corrected chi connectivity index (χ0v) is 16.3. The predicted octanol–water partition coefficient (Wildman–Crippen LogP) is 2.58. The number of nitrogens with one attached hydrogen (secondary N) is 1. The van der Waals surface area contributed by atoms with Gasteiger partial charge in [-0.3, -0.25) is 0 Å². The van der Waals surface area contributed by atoms with Crippen LogP contribution in [-0.2, 0) is 6.54 Å². The standard InChI is InChI=1S/C20H27N7/c1-15-22-23-20-18(21-17-9-11-25(2)12-10-17)13-19(24-27(15)20)26(3)14-16-7-5-4-6-8-16/h4-8,13,17,21H,9-12,14H2,1-3H3. The molecule has 7 heteroatoms. The van der Waals surface area contributed by atoms with E-state index in [1.165, 1.54) is 5.56 Å². The second-order valence-corrected chi connectivity index (χ2v) is 7.46. The molecule has 3 heterocycles. The average Bonchev–Trinajstić information content (AvgIpc) is 3.06. The van der Waals surface area contributed by atoms with Gasteiger partial charge in [-0.25, -0.2) is 0 Å². The molecule has 27 heavy (non-hydrogen) atoms. The van der Waals surface area contributed by atoms with Gasteiger partial charge in [-0.15, -0.1) is 15.3 Å². The van der Waals surface area contributed by atoms with Crippen LogP contribution in [0.15, 0.2) is 36.4 Å². The molecule has 4 rings (SSSR count). The first-order valence-electron chi connectivity index (χ1n) is 9.53. The fraction of sp³-hybridized carbons (Fsp3) is 0.450. The van der Waals surface area contributed by atoms with E-state index in [1.807, 2.05) is 17.5 Å². The number of hydrogen-bond donors (Lipinski definition) is 1. The van der Waals surface area contributed by atoms with Gasteiger partial charge in [0, 0.05) is 25.7 Å². The largest absolute Gasteiger partial charge is 0.379 e. The highest BCUT2D eigenvalue weighted by Gasteiger charge is 2.20. The van der Waals surface area contributed by atoms with E-state index in [0.29, 0.717) is 6.04 Å². The zero-order valence-electron chi connectivity index (χ0n) is 16.3. The molecule has 0 amide bonds. The normalized spacial score (nSPS) is 16.0. The monoisotopic (exact) mass is 365 g/mol. The van der Waals surface area contributed by atoms with Crippen LogP contribution in [-0.4, -0.2) is 57.9 Å².